The minimum atomic E-state index is -0.850. The summed E-state index contributed by atoms with van der Waals surface area (Å²) >= 11 is 0. The number of carboxylic acids is 1. The number of urea groups is 1. The fourth-order valence-corrected chi connectivity index (χ4v) is 2.61. The number of piperidine rings is 1. The number of rotatable bonds is 5. The van der Waals surface area contributed by atoms with E-state index < -0.39 is 23.8 Å². The van der Waals surface area contributed by atoms with Crippen LogP contribution in [-0.4, -0.2) is 54.7 Å². The Morgan fingerprint density at radius 2 is 2.00 bits per heavy atom. The summed E-state index contributed by atoms with van der Waals surface area (Å²) in [4.78, 5) is 36.5. The number of likely N-dealkylation sites (tertiary alicyclic amines) is 1. The van der Waals surface area contributed by atoms with Crippen molar-refractivity contribution in [3.63, 3.8) is 0 Å². The van der Waals surface area contributed by atoms with Crippen molar-refractivity contribution in [2.24, 2.45) is 5.92 Å². The Labute approximate surface area is 139 Å². The Morgan fingerprint density at radius 1 is 1.29 bits per heavy atom. The summed E-state index contributed by atoms with van der Waals surface area (Å²) in [5.41, 5.74) is 0.532. The summed E-state index contributed by atoms with van der Waals surface area (Å²) in [6.07, 6.45) is 1.34. The van der Waals surface area contributed by atoms with Crippen LogP contribution in [0, 0.1) is 5.92 Å². The van der Waals surface area contributed by atoms with Crippen molar-refractivity contribution in [3.8, 4) is 5.75 Å². The van der Waals surface area contributed by atoms with E-state index >= 15 is 0 Å². The number of carbonyl (C=O) groups excluding carboxylic acids is 2. The lowest BCUT2D eigenvalue weighted by atomic mass is 9.98. The number of amides is 3. The first-order chi connectivity index (χ1) is 11.5. The lowest BCUT2D eigenvalue weighted by Crippen LogP contribution is -2.46. The lowest BCUT2D eigenvalue weighted by Gasteiger charge is -2.29. The number of carbonyl (C=O) groups is 3. The average Bonchev–Trinajstić information content (AvgIpc) is 2.55. The number of anilines is 1. The highest BCUT2D eigenvalue weighted by molar-refractivity contribution is 6.01. The van der Waals surface area contributed by atoms with Crippen LogP contribution in [0.4, 0.5) is 10.5 Å². The quantitative estimate of drug-likeness (QED) is 0.745. The first-order valence-electron chi connectivity index (χ1n) is 7.68. The van der Waals surface area contributed by atoms with Gasteiger partial charge in [-0.3, -0.25) is 19.8 Å². The van der Waals surface area contributed by atoms with Crippen LogP contribution in [-0.2, 0) is 9.59 Å². The van der Waals surface area contributed by atoms with Crippen LogP contribution in [0.1, 0.15) is 12.8 Å². The van der Waals surface area contributed by atoms with Crippen molar-refractivity contribution in [2.75, 3.05) is 32.1 Å². The molecule has 1 aliphatic heterocycles. The Kier molecular flexibility index (Phi) is 6.14. The molecule has 0 aliphatic carbocycles. The third-order valence-electron chi connectivity index (χ3n) is 3.82. The summed E-state index contributed by atoms with van der Waals surface area (Å²) in [7, 11) is 1.54. The van der Waals surface area contributed by atoms with Gasteiger partial charge in [0.2, 0.25) is 5.91 Å². The Bertz CT molecular complexity index is 602. The van der Waals surface area contributed by atoms with Gasteiger partial charge < -0.3 is 15.2 Å². The number of nitrogens with one attached hydrogen (secondary N) is 2. The molecule has 1 aromatic carbocycles. The van der Waals surface area contributed by atoms with Gasteiger partial charge in [0.25, 0.3) is 0 Å². The lowest BCUT2D eigenvalue weighted by molar-refractivity contribution is -0.144. The normalized spacial score (nSPS) is 17.8. The van der Waals surface area contributed by atoms with Crippen LogP contribution in [0.3, 0.4) is 0 Å². The van der Waals surface area contributed by atoms with Crippen LogP contribution in [0.2, 0.25) is 0 Å². The maximum atomic E-state index is 11.9. The van der Waals surface area contributed by atoms with Crippen LogP contribution in [0.5, 0.6) is 5.75 Å². The van der Waals surface area contributed by atoms with Gasteiger partial charge in [-0.05, 0) is 43.7 Å². The first-order valence-corrected chi connectivity index (χ1v) is 7.68. The number of ether oxygens (including phenoxy) is 1. The van der Waals surface area contributed by atoms with Gasteiger partial charge in [0, 0.05) is 12.2 Å². The zero-order valence-electron chi connectivity index (χ0n) is 13.4. The number of nitrogens with zero attached hydrogens (tertiary/aromatic N) is 1. The molecule has 1 heterocycles. The van der Waals surface area contributed by atoms with Gasteiger partial charge in [0.15, 0.2) is 0 Å². The van der Waals surface area contributed by atoms with E-state index in [1.54, 1.807) is 36.3 Å². The summed E-state index contributed by atoms with van der Waals surface area (Å²) in [6, 6.07) is 6.07. The number of hydrogen-bond donors (Lipinski definition) is 3. The maximum absolute atomic E-state index is 11.9. The predicted molar refractivity (Wildman–Crippen MR) is 87.0 cm³/mol. The molecule has 1 fully saturated rings. The van der Waals surface area contributed by atoms with Gasteiger partial charge in [-0.25, -0.2) is 4.79 Å². The highest BCUT2D eigenvalue weighted by Crippen LogP contribution is 2.16. The molecule has 8 nitrogen and oxygen atoms in total. The van der Waals surface area contributed by atoms with E-state index in [0.717, 1.165) is 6.42 Å². The van der Waals surface area contributed by atoms with E-state index in [-0.39, 0.29) is 6.54 Å². The van der Waals surface area contributed by atoms with Gasteiger partial charge in [-0.1, -0.05) is 0 Å². The van der Waals surface area contributed by atoms with Crippen molar-refractivity contribution in [3.05, 3.63) is 24.3 Å². The summed E-state index contributed by atoms with van der Waals surface area (Å²) in [5, 5.41) is 13.8. The molecule has 8 heteroatoms. The molecule has 0 saturated carbocycles. The molecule has 1 atom stereocenters. The average molecular weight is 335 g/mol. The van der Waals surface area contributed by atoms with Crippen molar-refractivity contribution >= 4 is 23.6 Å². The van der Waals surface area contributed by atoms with Crippen molar-refractivity contribution in [1.82, 2.24) is 10.2 Å². The molecule has 0 radical (unpaired) electrons. The molecule has 1 unspecified atom stereocenters. The molecule has 1 saturated heterocycles. The third kappa shape index (κ3) is 5.24. The molecule has 130 valence electrons. The molecule has 24 heavy (non-hydrogen) atoms. The molecule has 0 bridgehead atoms. The SMILES string of the molecule is COc1ccc(NC(=O)NC(=O)CN2CCCC(C(=O)O)C2)cc1. The van der Waals surface area contributed by atoms with Gasteiger partial charge >= 0.3 is 12.0 Å². The molecular weight excluding hydrogens is 314 g/mol. The smallest absolute Gasteiger partial charge is 0.325 e. The second-order valence-electron chi connectivity index (χ2n) is 5.64. The van der Waals surface area contributed by atoms with E-state index in [1.165, 1.54) is 0 Å². The topological polar surface area (TPSA) is 108 Å². The third-order valence-corrected chi connectivity index (χ3v) is 3.82. The van der Waals surface area contributed by atoms with E-state index in [2.05, 4.69) is 10.6 Å². The molecule has 0 spiro atoms. The largest absolute Gasteiger partial charge is 0.497 e. The number of hydrogen-bond acceptors (Lipinski definition) is 5. The molecular formula is C16H21N3O5. The summed E-state index contributed by atoms with van der Waals surface area (Å²) in [6.45, 7) is 0.972. The van der Waals surface area contributed by atoms with E-state index in [9.17, 15) is 14.4 Å². The van der Waals surface area contributed by atoms with Crippen LogP contribution < -0.4 is 15.4 Å². The van der Waals surface area contributed by atoms with E-state index in [0.29, 0.717) is 30.9 Å². The number of benzene rings is 1. The first kappa shape index (κ1) is 17.7. The zero-order valence-corrected chi connectivity index (χ0v) is 13.4. The van der Waals surface area contributed by atoms with Gasteiger partial charge in [-0.15, -0.1) is 0 Å². The zero-order chi connectivity index (χ0) is 17.5. The Morgan fingerprint density at radius 3 is 2.62 bits per heavy atom. The molecule has 3 N–H and O–H groups in total. The van der Waals surface area contributed by atoms with Crippen molar-refractivity contribution < 1.29 is 24.2 Å². The predicted octanol–water partition coefficient (Wildman–Crippen LogP) is 1.14. The molecule has 3 amide bonds. The minimum Gasteiger partial charge on any atom is -0.497 e. The maximum Gasteiger partial charge on any atom is 0.325 e. The van der Waals surface area contributed by atoms with Gasteiger partial charge in [-0.2, -0.15) is 0 Å². The van der Waals surface area contributed by atoms with Crippen LogP contribution in [0.15, 0.2) is 24.3 Å². The number of methoxy groups -OCH3 is 1. The summed E-state index contributed by atoms with van der Waals surface area (Å²) in [5.74, 6) is -1.11. The van der Waals surface area contributed by atoms with Gasteiger partial charge in [0.05, 0.1) is 19.6 Å². The van der Waals surface area contributed by atoms with Crippen molar-refractivity contribution in [1.29, 1.82) is 0 Å². The van der Waals surface area contributed by atoms with E-state index in [1.807, 2.05) is 0 Å². The van der Waals surface area contributed by atoms with Gasteiger partial charge in [0.1, 0.15) is 5.75 Å². The highest BCUT2D eigenvalue weighted by atomic mass is 16.5. The number of aliphatic carboxylic acids is 1. The fourth-order valence-electron chi connectivity index (χ4n) is 2.61. The second-order valence-corrected chi connectivity index (χ2v) is 5.64. The van der Waals surface area contributed by atoms with Crippen LogP contribution in [0.25, 0.3) is 0 Å². The second kappa shape index (κ2) is 8.30. The number of imide groups is 1. The van der Waals surface area contributed by atoms with Crippen molar-refractivity contribution in [2.45, 2.75) is 12.8 Å². The minimum absolute atomic E-state index is 0.000186. The molecule has 0 aromatic heterocycles. The molecule has 2 rings (SSSR count). The Balaban J connectivity index is 1.78. The van der Waals surface area contributed by atoms with Crippen LogP contribution >= 0.6 is 0 Å². The Hall–Kier alpha value is -2.61. The van der Waals surface area contributed by atoms with E-state index in [4.69, 9.17) is 9.84 Å². The summed E-state index contributed by atoms with van der Waals surface area (Å²) < 4.78 is 5.02. The standard InChI is InChI=1S/C16H21N3O5/c1-24-13-6-4-12(5-7-13)17-16(23)18-14(20)10-19-8-2-3-11(9-19)15(21)22/h4-7,11H,2-3,8-10H2,1H3,(H,21,22)(H2,17,18,20,23). The number of carboxylic acid groups (broad SMARTS) is 1. The monoisotopic (exact) mass is 335 g/mol. The molecule has 1 aromatic rings. The highest BCUT2D eigenvalue weighted by Gasteiger charge is 2.26. The fraction of sp³-hybridized carbons (Fsp3) is 0.438. The molecule has 1 aliphatic rings.